The molecule has 0 fully saturated rings. The SMILES string of the molecule is C/C=C(C)/C=C/C(F)=C(C)\C=C1/CCCc2ccccc21. The van der Waals surface area contributed by atoms with Crippen LogP contribution >= 0.6 is 0 Å². The van der Waals surface area contributed by atoms with Gasteiger partial charge in [0.2, 0.25) is 0 Å². The molecule has 0 nitrogen and oxygen atoms in total. The minimum absolute atomic E-state index is 0.160. The van der Waals surface area contributed by atoms with Crippen molar-refractivity contribution in [3.8, 4) is 0 Å². The average Bonchev–Trinajstić information content (AvgIpc) is 2.52. The lowest BCUT2D eigenvalue weighted by molar-refractivity contribution is 0.658. The molecule has 2 rings (SSSR count). The quantitative estimate of drug-likeness (QED) is 0.581. The summed E-state index contributed by atoms with van der Waals surface area (Å²) in [5.41, 5.74) is 5.67. The summed E-state index contributed by atoms with van der Waals surface area (Å²) in [4.78, 5) is 0. The predicted octanol–water partition coefficient (Wildman–Crippen LogP) is 6.17. The topological polar surface area (TPSA) is 0 Å². The molecule has 0 spiro atoms. The fourth-order valence-corrected chi connectivity index (χ4v) is 2.57. The molecule has 0 unspecified atom stereocenters. The van der Waals surface area contributed by atoms with E-state index in [1.54, 1.807) is 6.08 Å². The summed E-state index contributed by atoms with van der Waals surface area (Å²) in [5, 5.41) is 0. The highest BCUT2D eigenvalue weighted by Gasteiger charge is 2.13. The monoisotopic (exact) mass is 282 g/mol. The second kappa shape index (κ2) is 7.21. The van der Waals surface area contributed by atoms with E-state index in [0.717, 1.165) is 24.8 Å². The van der Waals surface area contributed by atoms with Crippen molar-refractivity contribution in [2.24, 2.45) is 0 Å². The maximum atomic E-state index is 14.1. The maximum Gasteiger partial charge on any atom is 0.126 e. The largest absolute Gasteiger partial charge is 0.207 e. The Labute approximate surface area is 127 Å². The van der Waals surface area contributed by atoms with Crippen LogP contribution in [-0.4, -0.2) is 0 Å². The lowest BCUT2D eigenvalue weighted by atomic mass is 9.86. The van der Waals surface area contributed by atoms with Crippen LogP contribution in [0.5, 0.6) is 0 Å². The third-order valence-electron chi connectivity index (χ3n) is 3.97. The van der Waals surface area contributed by atoms with E-state index in [4.69, 9.17) is 0 Å². The molecular formula is C20H23F. The molecule has 1 aromatic carbocycles. The molecule has 0 saturated carbocycles. The Balaban J connectivity index is 2.29. The van der Waals surface area contributed by atoms with Gasteiger partial charge in [-0.15, -0.1) is 0 Å². The Bertz CT molecular complexity index is 627. The fourth-order valence-electron chi connectivity index (χ4n) is 2.57. The van der Waals surface area contributed by atoms with Crippen LogP contribution in [0.15, 0.2) is 65.5 Å². The summed E-state index contributed by atoms with van der Waals surface area (Å²) in [5.74, 6) is -0.160. The number of rotatable bonds is 3. The molecule has 1 heteroatoms. The van der Waals surface area contributed by atoms with E-state index in [1.807, 2.05) is 39.0 Å². The van der Waals surface area contributed by atoms with Crippen molar-refractivity contribution in [1.29, 1.82) is 0 Å². The summed E-state index contributed by atoms with van der Waals surface area (Å²) in [7, 11) is 0. The van der Waals surface area contributed by atoms with Crippen molar-refractivity contribution in [3.05, 3.63) is 76.7 Å². The number of benzene rings is 1. The smallest absolute Gasteiger partial charge is 0.126 e. The average molecular weight is 282 g/mol. The van der Waals surface area contributed by atoms with Gasteiger partial charge in [-0.05, 0) is 68.4 Å². The molecule has 0 aliphatic heterocycles. The number of allylic oxidation sites excluding steroid dienone is 8. The highest BCUT2D eigenvalue weighted by atomic mass is 19.1. The second-order valence-electron chi connectivity index (χ2n) is 5.58. The zero-order valence-corrected chi connectivity index (χ0v) is 13.1. The van der Waals surface area contributed by atoms with Crippen molar-refractivity contribution in [1.82, 2.24) is 0 Å². The van der Waals surface area contributed by atoms with Gasteiger partial charge in [0.25, 0.3) is 0 Å². The van der Waals surface area contributed by atoms with Gasteiger partial charge in [-0.1, -0.05) is 48.1 Å². The lowest BCUT2D eigenvalue weighted by Crippen LogP contribution is -2.01. The van der Waals surface area contributed by atoms with Gasteiger partial charge < -0.3 is 0 Å². The molecule has 1 aliphatic carbocycles. The first-order valence-electron chi connectivity index (χ1n) is 7.58. The Morgan fingerprint density at radius 1 is 1.10 bits per heavy atom. The maximum absolute atomic E-state index is 14.1. The van der Waals surface area contributed by atoms with Gasteiger partial charge >= 0.3 is 0 Å². The van der Waals surface area contributed by atoms with E-state index in [-0.39, 0.29) is 5.83 Å². The van der Waals surface area contributed by atoms with Crippen molar-refractivity contribution >= 4 is 5.57 Å². The van der Waals surface area contributed by atoms with E-state index in [1.165, 1.54) is 16.7 Å². The van der Waals surface area contributed by atoms with E-state index in [2.05, 4.69) is 24.3 Å². The third kappa shape index (κ3) is 4.04. The normalized spacial score (nSPS) is 18.9. The molecule has 21 heavy (non-hydrogen) atoms. The van der Waals surface area contributed by atoms with Crippen LogP contribution in [0.4, 0.5) is 4.39 Å². The highest BCUT2D eigenvalue weighted by molar-refractivity contribution is 5.72. The minimum Gasteiger partial charge on any atom is -0.207 e. The number of hydrogen-bond acceptors (Lipinski definition) is 0. The summed E-state index contributed by atoms with van der Waals surface area (Å²) < 4.78 is 14.1. The van der Waals surface area contributed by atoms with Crippen LogP contribution in [0.1, 0.15) is 44.7 Å². The van der Waals surface area contributed by atoms with E-state index >= 15 is 0 Å². The number of aryl methyl sites for hydroxylation is 1. The van der Waals surface area contributed by atoms with Gasteiger partial charge in [-0.25, -0.2) is 4.39 Å². The molecule has 0 radical (unpaired) electrons. The number of halogens is 1. The third-order valence-corrected chi connectivity index (χ3v) is 3.97. The van der Waals surface area contributed by atoms with Crippen molar-refractivity contribution in [2.45, 2.75) is 40.0 Å². The van der Waals surface area contributed by atoms with Gasteiger partial charge in [0, 0.05) is 0 Å². The van der Waals surface area contributed by atoms with Gasteiger partial charge in [0.1, 0.15) is 5.83 Å². The minimum atomic E-state index is -0.160. The van der Waals surface area contributed by atoms with Crippen LogP contribution < -0.4 is 0 Å². The Hall–Kier alpha value is -1.89. The molecule has 0 N–H and O–H groups in total. The number of fused-ring (bicyclic) bond motifs is 1. The molecule has 110 valence electrons. The van der Waals surface area contributed by atoms with Gasteiger partial charge in [0.05, 0.1) is 0 Å². The predicted molar refractivity (Wildman–Crippen MR) is 89.7 cm³/mol. The molecule has 0 bridgehead atoms. The van der Waals surface area contributed by atoms with Crippen LogP contribution in [0.25, 0.3) is 5.57 Å². The molecule has 0 amide bonds. The van der Waals surface area contributed by atoms with E-state index < -0.39 is 0 Å². The van der Waals surface area contributed by atoms with Crippen LogP contribution in [0.2, 0.25) is 0 Å². The van der Waals surface area contributed by atoms with E-state index in [9.17, 15) is 4.39 Å². The van der Waals surface area contributed by atoms with Gasteiger partial charge in [-0.3, -0.25) is 0 Å². The van der Waals surface area contributed by atoms with Gasteiger partial charge in [-0.2, -0.15) is 0 Å². The van der Waals surface area contributed by atoms with E-state index in [0.29, 0.717) is 5.57 Å². The first kappa shape index (κ1) is 15.5. The second-order valence-corrected chi connectivity index (χ2v) is 5.58. The molecule has 0 atom stereocenters. The zero-order valence-electron chi connectivity index (χ0n) is 13.1. The standard InChI is InChI=1S/C20H23F/c1-4-15(2)12-13-20(21)16(3)14-18-10-7-9-17-8-5-6-11-19(17)18/h4-6,8,11-14H,7,9-10H2,1-3H3/b13-12+,15-4+,18-14+,20-16+. The Kier molecular flexibility index (Phi) is 5.32. The lowest BCUT2D eigenvalue weighted by Gasteiger charge is -2.19. The molecule has 0 heterocycles. The highest BCUT2D eigenvalue weighted by Crippen LogP contribution is 2.31. The summed E-state index contributed by atoms with van der Waals surface area (Å²) in [6, 6.07) is 8.45. The number of hydrogen-bond donors (Lipinski definition) is 0. The summed E-state index contributed by atoms with van der Waals surface area (Å²) in [6.07, 6.45) is 10.6. The van der Waals surface area contributed by atoms with Gasteiger partial charge in [0.15, 0.2) is 0 Å². The van der Waals surface area contributed by atoms with Crippen LogP contribution in [0, 0.1) is 0 Å². The van der Waals surface area contributed by atoms with Crippen molar-refractivity contribution in [3.63, 3.8) is 0 Å². The molecule has 1 aliphatic rings. The first-order chi connectivity index (χ1) is 10.1. The fraction of sp³-hybridized carbons (Fsp3) is 0.300. The molecular weight excluding hydrogens is 259 g/mol. The molecule has 1 aromatic rings. The molecule has 0 saturated heterocycles. The first-order valence-corrected chi connectivity index (χ1v) is 7.58. The van der Waals surface area contributed by atoms with Crippen LogP contribution in [-0.2, 0) is 6.42 Å². The summed E-state index contributed by atoms with van der Waals surface area (Å²) in [6.45, 7) is 5.76. The molecule has 0 aromatic heterocycles. The summed E-state index contributed by atoms with van der Waals surface area (Å²) >= 11 is 0. The Morgan fingerprint density at radius 2 is 1.86 bits per heavy atom. The Morgan fingerprint density at radius 3 is 2.62 bits per heavy atom. The van der Waals surface area contributed by atoms with Crippen molar-refractivity contribution in [2.75, 3.05) is 0 Å². The van der Waals surface area contributed by atoms with Crippen LogP contribution in [0.3, 0.4) is 0 Å². The van der Waals surface area contributed by atoms with Crippen molar-refractivity contribution < 1.29 is 4.39 Å². The zero-order chi connectivity index (χ0) is 15.2.